The average molecular weight is 281 g/mol. The lowest BCUT2D eigenvalue weighted by molar-refractivity contribution is -0.141. The van der Waals surface area contributed by atoms with Gasteiger partial charge in [0.25, 0.3) is 0 Å². The molecule has 0 aliphatic rings. The summed E-state index contributed by atoms with van der Waals surface area (Å²) in [4.78, 5) is 22.3. The van der Waals surface area contributed by atoms with Crippen LogP contribution in [0.15, 0.2) is 30.3 Å². The lowest BCUT2D eigenvalue weighted by Crippen LogP contribution is -2.41. The molecule has 0 heterocycles. The number of carboxylic acids is 1. The number of nitrogens with one attached hydrogen (secondary N) is 1. The fraction of sp³-hybridized carbons (Fsp3) is 0.429. The minimum atomic E-state index is -0.981. The van der Waals surface area contributed by atoms with E-state index in [1.165, 1.54) is 17.3 Å². The number of hydrogen-bond acceptors (Lipinski definition) is 3. The molecule has 2 N–H and O–H groups in total. The van der Waals surface area contributed by atoms with Gasteiger partial charge in [0.05, 0.1) is 5.75 Å². The lowest BCUT2D eigenvalue weighted by atomic mass is 10.2. The highest BCUT2D eigenvalue weighted by atomic mass is 32.2. The molecule has 0 radical (unpaired) electrons. The Morgan fingerprint density at radius 1 is 1.32 bits per heavy atom. The van der Waals surface area contributed by atoms with Gasteiger partial charge >= 0.3 is 5.97 Å². The third-order valence-electron chi connectivity index (χ3n) is 2.65. The van der Waals surface area contributed by atoms with Crippen LogP contribution in [0, 0.1) is 0 Å². The maximum atomic E-state index is 11.5. The summed E-state index contributed by atoms with van der Waals surface area (Å²) >= 11 is 1.52. The van der Waals surface area contributed by atoms with E-state index >= 15 is 0 Å². The first-order valence-electron chi connectivity index (χ1n) is 6.27. The number of carbonyl (C=O) groups is 2. The van der Waals surface area contributed by atoms with Crippen molar-refractivity contribution in [3.63, 3.8) is 0 Å². The Bertz CT molecular complexity index is 408. The summed E-state index contributed by atoms with van der Waals surface area (Å²) in [5, 5.41) is 11.3. The molecule has 1 aromatic rings. The fourth-order valence-corrected chi connectivity index (χ4v) is 2.37. The molecule has 19 heavy (non-hydrogen) atoms. The van der Waals surface area contributed by atoms with E-state index in [4.69, 9.17) is 5.11 Å². The minimum absolute atomic E-state index is 0.215. The molecule has 0 saturated heterocycles. The molecule has 0 fully saturated rings. The number of carboxylic acid groups (broad SMARTS) is 1. The van der Waals surface area contributed by atoms with Crippen LogP contribution in [0.1, 0.15) is 18.9 Å². The summed E-state index contributed by atoms with van der Waals surface area (Å²) in [5.74, 6) is -0.0461. The average Bonchev–Trinajstić information content (AvgIpc) is 2.42. The van der Waals surface area contributed by atoms with E-state index in [2.05, 4.69) is 17.4 Å². The van der Waals surface area contributed by atoms with Crippen molar-refractivity contribution in [2.75, 3.05) is 11.5 Å². The topological polar surface area (TPSA) is 66.4 Å². The van der Waals surface area contributed by atoms with Crippen LogP contribution >= 0.6 is 11.8 Å². The second-order valence-electron chi connectivity index (χ2n) is 4.15. The maximum absolute atomic E-state index is 11.5. The molecule has 0 saturated carbocycles. The van der Waals surface area contributed by atoms with Crippen molar-refractivity contribution in [3.05, 3.63) is 35.9 Å². The van der Waals surface area contributed by atoms with Crippen LogP contribution in [0.25, 0.3) is 0 Å². The Kier molecular flexibility index (Phi) is 7.03. The standard InChI is InChI=1S/C14H19NO3S/c1-2-12(14(17)18)15-13(16)10-19-9-8-11-6-4-3-5-7-11/h3-7,12H,2,8-10H2,1H3,(H,15,16)(H,17,18)/t12-/m1/s1. The number of thioether (sulfide) groups is 1. The predicted molar refractivity (Wildman–Crippen MR) is 77.3 cm³/mol. The molecule has 104 valence electrons. The van der Waals surface area contributed by atoms with E-state index in [0.29, 0.717) is 12.2 Å². The highest BCUT2D eigenvalue weighted by Gasteiger charge is 2.16. The molecular weight excluding hydrogens is 262 g/mol. The minimum Gasteiger partial charge on any atom is -0.480 e. The molecule has 1 rings (SSSR count). The van der Waals surface area contributed by atoms with Gasteiger partial charge in [0.2, 0.25) is 5.91 Å². The molecule has 5 heteroatoms. The van der Waals surface area contributed by atoms with Crippen molar-refractivity contribution in [2.45, 2.75) is 25.8 Å². The Labute approximate surface area is 117 Å². The first-order valence-corrected chi connectivity index (χ1v) is 7.42. The van der Waals surface area contributed by atoms with Gasteiger partial charge in [0.15, 0.2) is 0 Å². The number of aryl methyl sites for hydroxylation is 1. The molecule has 0 aromatic heterocycles. The van der Waals surface area contributed by atoms with Crippen LogP contribution < -0.4 is 5.32 Å². The largest absolute Gasteiger partial charge is 0.480 e. The Morgan fingerprint density at radius 3 is 2.58 bits per heavy atom. The van der Waals surface area contributed by atoms with Gasteiger partial charge in [-0.05, 0) is 24.2 Å². The van der Waals surface area contributed by atoms with E-state index in [1.807, 2.05) is 18.2 Å². The monoisotopic (exact) mass is 281 g/mol. The van der Waals surface area contributed by atoms with Crippen molar-refractivity contribution in [3.8, 4) is 0 Å². The Balaban J connectivity index is 2.19. The normalized spacial score (nSPS) is 11.8. The van der Waals surface area contributed by atoms with Crippen LogP contribution in [0.2, 0.25) is 0 Å². The molecule has 0 unspecified atom stereocenters. The van der Waals surface area contributed by atoms with Gasteiger partial charge in [-0.15, -0.1) is 0 Å². The van der Waals surface area contributed by atoms with Crippen molar-refractivity contribution >= 4 is 23.6 Å². The molecule has 4 nitrogen and oxygen atoms in total. The zero-order valence-corrected chi connectivity index (χ0v) is 11.8. The smallest absolute Gasteiger partial charge is 0.326 e. The summed E-state index contributed by atoms with van der Waals surface area (Å²) in [6.07, 6.45) is 1.31. The number of carbonyl (C=O) groups excluding carboxylic acids is 1. The summed E-state index contributed by atoms with van der Waals surface area (Å²) in [6.45, 7) is 1.74. The zero-order valence-electron chi connectivity index (χ0n) is 11.0. The number of hydrogen-bond donors (Lipinski definition) is 2. The number of benzene rings is 1. The van der Waals surface area contributed by atoms with Crippen LogP contribution in [-0.2, 0) is 16.0 Å². The molecular formula is C14H19NO3S. The Hall–Kier alpha value is -1.49. The zero-order chi connectivity index (χ0) is 14.1. The quantitative estimate of drug-likeness (QED) is 0.715. The van der Waals surface area contributed by atoms with Crippen molar-refractivity contribution in [1.29, 1.82) is 0 Å². The van der Waals surface area contributed by atoms with Crippen molar-refractivity contribution < 1.29 is 14.7 Å². The van der Waals surface area contributed by atoms with E-state index in [-0.39, 0.29) is 5.91 Å². The molecule has 0 spiro atoms. The van der Waals surface area contributed by atoms with Crippen LogP contribution in [0.4, 0.5) is 0 Å². The van der Waals surface area contributed by atoms with E-state index < -0.39 is 12.0 Å². The molecule has 1 amide bonds. The van der Waals surface area contributed by atoms with Gasteiger partial charge in [0, 0.05) is 0 Å². The predicted octanol–water partition coefficient (Wildman–Crippen LogP) is 1.94. The number of aliphatic carboxylic acids is 1. The summed E-state index contributed by atoms with van der Waals surface area (Å²) in [6, 6.07) is 9.29. The number of amides is 1. The maximum Gasteiger partial charge on any atom is 0.326 e. The summed E-state index contributed by atoms with van der Waals surface area (Å²) in [5.41, 5.74) is 1.24. The van der Waals surface area contributed by atoms with Gasteiger partial charge in [0.1, 0.15) is 6.04 Å². The van der Waals surface area contributed by atoms with Crippen LogP contribution in [0.3, 0.4) is 0 Å². The molecule has 0 aliphatic heterocycles. The number of rotatable bonds is 8. The molecule has 1 atom stereocenters. The SMILES string of the molecule is CC[C@@H](NC(=O)CSCCc1ccccc1)C(=O)O. The van der Waals surface area contributed by atoms with Gasteiger partial charge in [-0.2, -0.15) is 11.8 Å². The molecule has 1 aromatic carbocycles. The molecule has 0 bridgehead atoms. The lowest BCUT2D eigenvalue weighted by Gasteiger charge is -2.11. The molecule has 0 aliphatic carbocycles. The highest BCUT2D eigenvalue weighted by molar-refractivity contribution is 7.99. The van der Waals surface area contributed by atoms with Crippen LogP contribution in [0.5, 0.6) is 0 Å². The van der Waals surface area contributed by atoms with Gasteiger partial charge in [-0.3, -0.25) is 4.79 Å². The van der Waals surface area contributed by atoms with Gasteiger partial charge in [-0.1, -0.05) is 37.3 Å². The Morgan fingerprint density at radius 2 is 2.00 bits per heavy atom. The first kappa shape index (κ1) is 15.6. The third-order valence-corrected chi connectivity index (χ3v) is 3.61. The van der Waals surface area contributed by atoms with E-state index in [9.17, 15) is 9.59 Å². The van der Waals surface area contributed by atoms with Crippen LogP contribution in [-0.4, -0.2) is 34.5 Å². The summed E-state index contributed by atoms with van der Waals surface area (Å²) in [7, 11) is 0. The van der Waals surface area contributed by atoms with Crippen molar-refractivity contribution in [1.82, 2.24) is 5.32 Å². The third kappa shape index (κ3) is 6.29. The summed E-state index contributed by atoms with van der Waals surface area (Å²) < 4.78 is 0. The van der Waals surface area contributed by atoms with Gasteiger partial charge < -0.3 is 10.4 Å². The van der Waals surface area contributed by atoms with E-state index in [0.717, 1.165) is 12.2 Å². The second kappa shape index (κ2) is 8.58. The second-order valence-corrected chi connectivity index (χ2v) is 5.26. The first-order chi connectivity index (χ1) is 9.13. The van der Waals surface area contributed by atoms with Crippen molar-refractivity contribution in [2.24, 2.45) is 0 Å². The van der Waals surface area contributed by atoms with E-state index in [1.54, 1.807) is 6.92 Å². The van der Waals surface area contributed by atoms with Gasteiger partial charge in [-0.25, -0.2) is 4.79 Å². The fourth-order valence-electron chi connectivity index (χ4n) is 1.57. The highest BCUT2D eigenvalue weighted by Crippen LogP contribution is 2.06.